The molecule has 1 aliphatic heterocycles. The summed E-state index contributed by atoms with van der Waals surface area (Å²) in [4.78, 5) is 11.7. The molecular formula is C20H20O6. The van der Waals surface area contributed by atoms with Crippen molar-refractivity contribution in [1.82, 2.24) is 0 Å². The van der Waals surface area contributed by atoms with Crippen LogP contribution in [0, 0.1) is 0 Å². The van der Waals surface area contributed by atoms with Gasteiger partial charge in [0, 0.05) is 5.56 Å². The highest BCUT2D eigenvalue weighted by Crippen LogP contribution is 2.43. The van der Waals surface area contributed by atoms with E-state index in [2.05, 4.69) is 0 Å². The van der Waals surface area contributed by atoms with Gasteiger partial charge in [-0.25, -0.2) is 4.79 Å². The number of carbonyl (C=O) groups is 1. The van der Waals surface area contributed by atoms with Crippen LogP contribution in [-0.2, 0) is 0 Å². The lowest BCUT2D eigenvalue weighted by Crippen LogP contribution is -2.15. The number of hydrogen-bond donors (Lipinski definition) is 1. The molecule has 1 unspecified atom stereocenters. The van der Waals surface area contributed by atoms with Crippen LogP contribution in [0.4, 0.5) is 0 Å². The minimum absolute atomic E-state index is 0.113. The van der Waals surface area contributed by atoms with E-state index in [0.717, 1.165) is 5.56 Å². The fourth-order valence-corrected chi connectivity index (χ4v) is 2.94. The number of benzene rings is 2. The average molecular weight is 356 g/mol. The Morgan fingerprint density at radius 3 is 2.15 bits per heavy atom. The smallest absolute Gasteiger partial charge is 0.339 e. The van der Waals surface area contributed by atoms with Gasteiger partial charge in [-0.05, 0) is 48.4 Å². The predicted octanol–water partition coefficient (Wildman–Crippen LogP) is 3.87. The number of carboxylic acid groups (broad SMARTS) is 1. The van der Waals surface area contributed by atoms with E-state index in [0.29, 0.717) is 34.1 Å². The Balaban J connectivity index is 2.21. The van der Waals surface area contributed by atoms with E-state index in [4.69, 9.17) is 18.9 Å². The van der Waals surface area contributed by atoms with Crippen molar-refractivity contribution >= 4 is 12.0 Å². The molecule has 0 spiro atoms. The van der Waals surface area contributed by atoms with Crippen LogP contribution in [0.25, 0.3) is 17.2 Å². The topological polar surface area (TPSA) is 74.2 Å². The van der Waals surface area contributed by atoms with Gasteiger partial charge in [0.25, 0.3) is 0 Å². The Kier molecular flexibility index (Phi) is 4.75. The lowest BCUT2D eigenvalue weighted by molar-refractivity contribution is 0.0691. The Morgan fingerprint density at radius 2 is 1.62 bits per heavy atom. The van der Waals surface area contributed by atoms with E-state index >= 15 is 0 Å². The van der Waals surface area contributed by atoms with Gasteiger partial charge in [-0.15, -0.1) is 0 Å². The zero-order valence-corrected chi connectivity index (χ0v) is 15.0. The van der Waals surface area contributed by atoms with Gasteiger partial charge in [-0.1, -0.05) is 6.08 Å². The second kappa shape index (κ2) is 7.00. The third-order valence-electron chi connectivity index (χ3n) is 4.20. The highest BCUT2D eigenvalue weighted by molar-refractivity contribution is 5.95. The van der Waals surface area contributed by atoms with Crippen LogP contribution in [0.1, 0.15) is 22.8 Å². The molecular weight excluding hydrogens is 336 g/mol. The summed E-state index contributed by atoms with van der Waals surface area (Å²) in [5.74, 6) is 0.808. The molecule has 136 valence electrons. The first-order valence-corrected chi connectivity index (χ1v) is 8.05. The third-order valence-corrected chi connectivity index (χ3v) is 4.20. The number of ether oxygens (including phenoxy) is 4. The molecule has 0 saturated carbocycles. The number of aromatic carboxylic acids is 1. The molecule has 0 aliphatic carbocycles. The first kappa shape index (κ1) is 17.7. The second-order valence-electron chi connectivity index (χ2n) is 5.84. The first-order valence-electron chi connectivity index (χ1n) is 8.05. The van der Waals surface area contributed by atoms with Gasteiger partial charge < -0.3 is 24.1 Å². The summed E-state index contributed by atoms with van der Waals surface area (Å²) in [6.45, 7) is 1.86. The number of fused-ring (bicyclic) bond motifs is 1. The monoisotopic (exact) mass is 356 g/mol. The number of carboxylic acids is 1. The van der Waals surface area contributed by atoms with Crippen LogP contribution in [0.5, 0.6) is 23.0 Å². The second-order valence-corrected chi connectivity index (χ2v) is 5.84. The lowest BCUT2D eigenvalue weighted by Gasteiger charge is -2.21. The summed E-state index contributed by atoms with van der Waals surface area (Å²) in [7, 11) is 4.61. The molecule has 0 radical (unpaired) electrons. The first-order chi connectivity index (χ1) is 12.5. The highest BCUT2D eigenvalue weighted by Gasteiger charge is 2.22. The maximum atomic E-state index is 11.7. The lowest BCUT2D eigenvalue weighted by atomic mass is 9.96. The van der Waals surface area contributed by atoms with E-state index in [1.54, 1.807) is 18.2 Å². The largest absolute Gasteiger partial charge is 0.493 e. The summed E-state index contributed by atoms with van der Waals surface area (Å²) in [6, 6.07) is 7.04. The minimum Gasteiger partial charge on any atom is -0.493 e. The van der Waals surface area contributed by atoms with Gasteiger partial charge in [0.05, 0.1) is 21.3 Å². The van der Waals surface area contributed by atoms with Crippen molar-refractivity contribution in [3.63, 3.8) is 0 Å². The molecule has 1 aliphatic rings. The van der Waals surface area contributed by atoms with E-state index < -0.39 is 5.97 Å². The Hall–Kier alpha value is -3.15. The normalized spacial score (nSPS) is 15.0. The van der Waals surface area contributed by atoms with E-state index in [-0.39, 0.29) is 11.7 Å². The van der Waals surface area contributed by atoms with Gasteiger partial charge in [-0.2, -0.15) is 0 Å². The molecule has 26 heavy (non-hydrogen) atoms. The fourth-order valence-electron chi connectivity index (χ4n) is 2.94. The summed E-state index contributed by atoms with van der Waals surface area (Å²) in [6.07, 6.45) is 3.58. The number of rotatable bonds is 5. The van der Waals surface area contributed by atoms with Gasteiger partial charge in [-0.3, -0.25) is 0 Å². The van der Waals surface area contributed by atoms with Crippen molar-refractivity contribution in [2.75, 3.05) is 21.3 Å². The van der Waals surface area contributed by atoms with Crippen LogP contribution in [0.3, 0.4) is 0 Å². The molecule has 6 nitrogen and oxygen atoms in total. The van der Waals surface area contributed by atoms with Crippen LogP contribution in [-0.4, -0.2) is 38.5 Å². The average Bonchev–Trinajstić information content (AvgIpc) is 2.65. The zero-order valence-electron chi connectivity index (χ0n) is 15.0. The Bertz CT molecular complexity index is 859. The maximum Gasteiger partial charge on any atom is 0.339 e. The molecule has 1 atom stereocenters. The molecule has 6 heteroatoms. The van der Waals surface area contributed by atoms with Crippen LogP contribution in [0.15, 0.2) is 30.3 Å². The van der Waals surface area contributed by atoms with Crippen LogP contribution < -0.4 is 18.9 Å². The van der Waals surface area contributed by atoms with Gasteiger partial charge in [0.2, 0.25) is 5.75 Å². The van der Waals surface area contributed by atoms with Crippen LogP contribution in [0.2, 0.25) is 0 Å². The standard InChI is InChI=1S/C20H20O6/c1-11-5-6-12-7-13(8-15(20(21)22)18(12)26-11)14-9-16(23-2)19(25-4)17(10-14)24-3/h5-11H,1-4H3,(H,21,22). The van der Waals surface area contributed by atoms with Crippen molar-refractivity contribution in [2.24, 2.45) is 0 Å². The molecule has 0 amide bonds. The van der Waals surface area contributed by atoms with E-state index in [1.807, 2.05) is 25.1 Å². The van der Waals surface area contributed by atoms with E-state index in [1.165, 1.54) is 21.3 Å². The van der Waals surface area contributed by atoms with Gasteiger partial charge >= 0.3 is 5.97 Å². The molecule has 0 bridgehead atoms. The van der Waals surface area contributed by atoms with Crippen molar-refractivity contribution < 1.29 is 28.8 Å². The molecule has 2 aromatic rings. The van der Waals surface area contributed by atoms with Crippen molar-refractivity contribution in [3.8, 4) is 34.1 Å². The zero-order chi connectivity index (χ0) is 18.8. The fraction of sp³-hybridized carbons (Fsp3) is 0.250. The molecule has 0 saturated heterocycles. The summed E-state index contributed by atoms with van der Waals surface area (Å²) in [5, 5.41) is 9.61. The summed E-state index contributed by atoms with van der Waals surface area (Å²) < 4.78 is 21.8. The summed E-state index contributed by atoms with van der Waals surface area (Å²) in [5.41, 5.74) is 2.29. The highest BCUT2D eigenvalue weighted by atomic mass is 16.5. The van der Waals surface area contributed by atoms with Crippen molar-refractivity contribution in [1.29, 1.82) is 0 Å². The van der Waals surface area contributed by atoms with Crippen LogP contribution >= 0.6 is 0 Å². The Morgan fingerprint density at radius 1 is 1.00 bits per heavy atom. The molecule has 1 N–H and O–H groups in total. The molecule has 2 aromatic carbocycles. The number of methoxy groups -OCH3 is 3. The summed E-state index contributed by atoms with van der Waals surface area (Å²) >= 11 is 0. The SMILES string of the molecule is COc1cc(-c2cc3c(c(C(=O)O)c2)OC(C)C=C3)cc(OC)c1OC. The quantitative estimate of drug-likeness (QED) is 0.877. The Labute approximate surface area is 151 Å². The minimum atomic E-state index is -1.04. The van der Waals surface area contributed by atoms with Gasteiger partial charge in [0.1, 0.15) is 17.4 Å². The molecule has 0 fully saturated rings. The molecule has 1 heterocycles. The molecule has 0 aromatic heterocycles. The van der Waals surface area contributed by atoms with Crippen molar-refractivity contribution in [2.45, 2.75) is 13.0 Å². The number of hydrogen-bond acceptors (Lipinski definition) is 5. The maximum absolute atomic E-state index is 11.7. The molecule has 3 rings (SSSR count). The third kappa shape index (κ3) is 3.06. The van der Waals surface area contributed by atoms with E-state index in [9.17, 15) is 9.90 Å². The predicted molar refractivity (Wildman–Crippen MR) is 97.6 cm³/mol. The van der Waals surface area contributed by atoms with Crippen molar-refractivity contribution in [3.05, 3.63) is 41.5 Å². The van der Waals surface area contributed by atoms with Gasteiger partial charge in [0.15, 0.2) is 11.5 Å².